The molecule has 1 heterocycles. The average Bonchev–Trinajstić information content (AvgIpc) is 2.70. The summed E-state index contributed by atoms with van der Waals surface area (Å²) in [6.07, 6.45) is 0. The van der Waals surface area contributed by atoms with Gasteiger partial charge in [-0.3, -0.25) is 4.90 Å². The van der Waals surface area contributed by atoms with Crippen molar-refractivity contribution in [2.24, 2.45) is 0 Å². The normalized spacial score (nSPS) is 15.7. The minimum atomic E-state index is 0.774. The maximum absolute atomic E-state index is 5.33. The monoisotopic (exact) mass is 369 g/mol. The van der Waals surface area contributed by atoms with Gasteiger partial charge in [-0.2, -0.15) is 0 Å². The highest BCUT2D eigenvalue weighted by atomic mass is 16.5. The van der Waals surface area contributed by atoms with Crippen molar-refractivity contribution in [3.63, 3.8) is 0 Å². The first-order valence-electron chi connectivity index (χ1n) is 9.57. The van der Waals surface area contributed by atoms with E-state index in [1.54, 1.807) is 14.2 Å². The smallest absolute Gasteiger partial charge is 0.122 e. The number of ether oxygens (including phenoxy) is 2. The molecule has 27 heavy (non-hydrogen) atoms. The Labute approximate surface area is 162 Å². The van der Waals surface area contributed by atoms with Gasteiger partial charge < -0.3 is 19.7 Å². The van der Waals surface area contributed by atoms with Gasteiger partial charge in [-0.05, 0) is 35.9 Å². The molecule has 2 aromatic rings. The van der Waals surface area contributed by atoms with Crippen LogP contribution in [0.2, 0.25) is 0 Å². The van der Waals surface area contributed by atoms with Crippen LogP contribution in [0.15, 0.2) is 42.5 Å². The summed E-state index contributed by atoms with van der Waals surface area (Å²) in [6, 6.07) is 14.9. The number of hydrogen-bond acceptors (Lipinski definition) is 5. The third kappa shape index (κ3) is 5.96. The zero-order valence-electron chi connectivity index (χ0n) is 16.7. The zero-order chi connectivity index (χ0) is 19.1. The van der Waals surface area contributed by atoms with Crippen LogP contribution in [0.25, 0.3) is 0 Å². The second-order valence-corrected chi connectivity index (χ2v) is 7.22. The van der Waals surface area contributed by atoms with E-state index in [4.69, 9.17) is 9.47 Å². The quantitative estimate of drug-likeness (QED) is 0.774. The maximum atomic E-state index is 5.33. The SMILES string of the molecule is COc1cc(CNCc2ccc(CN3CCN(C)CC3)cc2)cc(OC)c1. The molecule has 1 N–H and O–H groups in total. The highest BCUT2D eigenvalue weighted by Gasteiger charge is 2.13. The minimum absolute atomic E-state index is 0.774. The number of methoxy groups -OCH3 is 2. The number of rotatable bonds is 8. The summed E-state index contributed by atoms with van der Waals surface area (Å²) in [5, 5.41) is 3.50. The lowest BCUT2D eigenvalue weighted by Crippen LogP contribution is -2.43. The van der Waals surface area contributed by atoms with Crippen LogP contribution < -0.4 is 14.8 Å². The lowest BCUT2D eigenvalue weighted by atomic mass is 10.1. The highest BCUT2D eigenvalue weighted by Crippen LogP contribution is 2.22. The van der Waals surface area contributed by atoms with Gasteiger partial charge in [0.15, 0.2) is 0 Å². The van der Waals surface area contributed by atoms with Crippen LogP contribution in [0, 0.1) is 0 Å². The molecule has 0 saturated carbocycles. The van der Waals surface area contributed by atoms with Crippen molar-refractivity contribution in [1.82, 2.24) is 15.1 Å². The van der Waals surface area contributed by atoms with E-state index in [2.05, 4.69) is 46.4 Å². The summed E-state index contributed by atoms with van der Waals surface area (Å²) >= 11 is 0. The second-order valence-electron chi connectivity index (χ2n) is 7.22. The van der Waals surface area contributed by atoms with E-state index in [1.165, 1.54) is 11.1 Å². The molecule has 1 fully saturated rings. The van der Waals surface area contributed by atoms with Crippen molar-refractivity contribution in [3.8, 4) is 11.5 Å². The lowest BCUT2D eigenvalue weighted by molar-refractivity contribution is 0.148. The molecule has 0 aliphatic carbocycles. The van der Waals surface area contributed by atoms with E-state index in [-0.39, 0.29) is 0 Å². The van der Waals surface area contributed by atoms with Crippen molar-refractivity contribution in [2.75, 3.05) is 47.4 Å². The van der Waals surface area contributed by atoms with Crippen LogP contribution in [-0.4, -0.2) is 57.2 Å². The van der Waals surface area contributed by atoms with Gasteiger partial charge in [-0.25, -0.2) is 0 Å². The van der Waals surface area contributed by atoms with Gasteiger partial charge in [-0.15, -0.1) is 0 Å². The predicted molar refractivity (Wildman–Crippen MR) is 109 cm³/mol. The molecule has 1 saturated heterocycles. The standard InChI is InChI=1S/C22H31N3O2/c1-24-8-10-25(11-9-24)17-19-6-4-18(5-7-19)15-23-16-20-12-21(26-2)14-22(13-20)27-3/h4-7,12-14,23H,8-11,15-17H2,1-3H3. The molecular weight excluding hydrogens is 338 g/mol. The van der Waals surface area contributed by atoms with Crippen LogP contribution in [0.1, 0.15) is 16.7 Å². The zero-order valence-corrected chi connectivity index (χ0v) is 16.7. The summed E-state index contributed by atoms with van der Waals surface area (Å²) in [7, 11) is 5.55. The second kappa shape index (κ2) is 9.74. The van der Waals surface area contributed by atoms with Gasteiger partial charge in [0.1, 0.15) is 11.5 Å². The summed E-state index contributed by atoms with van der Waals surface area (Å²) in [5.74, 6) is 1.64. The first-order chi connectivity index (χ1) is 13.2. The molecule has 0 atom stereocenters. The summed E-state index contributed by atoms with van der Waals surface area (Å²) in [6.45, 7) is 7.30. The van der Waals surface area contributed by atoms with Crippen molar-refractivity contribution in [3.05, 3.63) is 59.2 Å². The Hall–Kier alpha value is -2.08. The van der Waals surface area contributed by atoms with Gasteiger partial charge in [0.05, 0.1) is 14.2 Å². The minimum Gasteiger partial charge on any atom is -0.497 e. The maximum Gasteiger partial charge on any atom is 0.122 e. The van der Waals surface area contributed by atoms with Crippen LogP contribution in [0.4, 0.5) is 0 Å². The van der Waals surface area contributed by atoms with E-state index >= 15 is 0 Å². The fourth-order valence-corrected chi connectivity index (χ4v) is 3.35. The number of likely N-dealkylation sites (N-methyl/N-ethyl adjacent to an activating group) is 1. The molecule has 5 heteroatoms. The molecule has 5 nitrogen and oxygen atoms in total. The van der Waals surface area contributed by atoms with Crippen LogP contribution in [-0.2, 0) is 19.6 Å². The Morgan fingerprint density at radius 2 is 1.33 bits per heavy atom. The highest BCUT2D eigenvalue weighted by molar-refractivity contribution is 5.38. The van der Waals surface area contributed by atoms with Crippen molar-refractivity contribution in [2.45, 2.75) is 19.6 Å². The first kappa shape index (κ1) is 19.7. The molecule has 0 amide bonds. The van der Waals surface area contributed by atoms with Crippen LogP contribution >= 0.6 is 0 Å². The van der Waals surface area contributed by atoms with Crippen molar-refractivity contribution >= 4 is 0 Å². The molecule has 146 valence electrons. The van der Waals surface area contributed by atoms with Gasteiger partial charge in [0, 0.05) is 51.9 Å². The molecule has 3 rings (SSSR count). The molecule has 1 aliphatic heterocycles. The molecule has 0 bridgehead atoms. The third-order valence-corrected chi connectivity index (χ3v) is 5.09. The topological polar surface area (TPSA) is 37.0 Å². The number of benzene rings is 2. The van der Waals surface area contributed by atoms with Gasteiger partial charge >= 0.3 is 0 Å². The van der Waals surface area contributed by atoms with Gasteiger partial charge in [0.25, 0.3) is 0 Å². The van der Waals surface area contributed by atoms with Crippen LogP contribution in [0.5, 0.6) is 11.5 Å². The van der Waals surface area contributed by atoms with E-state index in [1.807, 2.05) is 18.2 Å². The van der Waals surface area contributed by atoms with Gasteiger partial charge in [0.2, 0.25) is 0 Å². The van der Waals surface area contributed by atoms with E-state index < -0.39 is 0 Å². The Bertz CT molecular complexity index is 688. The van der Waals surface area contributed by atoms with Crippen LogP contribution in [0.3, 0.4) is 0 Å². The largest absolute Gasteiger partial charge is 0.497 e. The average molecular weight is 370 g/mol. The molecule has 0 spiro atoms. The van der Waals surface area contributed by atoms with E-state index in [0.29, 0.717) is 0 Å². The Morgan fingerprint density at radius 1 is 0.778 bits per heavy atom. The fourth-order valence-electron chi connectivity index (χ4n) is 3.35. The third-order valence-electron chi connectivity index (χ3n) is 5.09. The Kier molecular flexibility index (Phi) is 7.10. The van der Waals surface area contributed by atoms with Crippen molar-refractivity contribution in [1.29, 1.82) is 0 Å². The Balaban J connectivity index is 1.47. The van der Waals surface area contributed by atoms with E-state index in [9.17, 15) is 0 Å². The summed E-state index contributed by atoms with van der Waals surface area (Å²) < 4.78 is 10.7. The predicted octanol–water partition coefficient (Wildman–Crippen LogP) is 2.74. The molecule has 0 radical (unpaired) electrons. The summed E-state index contributed by atoms with van der Waals surface area (Å²) in [5.41, 5.74) is 3.84. The summed E-state index contributed by atoms with van der Waals surface area (Å²) in [4.78, 5) is 4.92. The molecule has 0 aromatic heterocycles. The van der Waals surface area contributed by atoms with Crippen molar-refractivity contribution < 1.29 is 9.47 Å². The first-order valence-corrected chi connectivity index (χ1v) is 9.57. The Morgan fingerprint density at radius 3 is 1.93 bits per heavy atom. The molecule has 2 aromatic carbocycles. The van der Waals surface area contributed by atoms with Gasteiger partial charge in [-0.1, -0.05) is 24.3 Å². The fraction of sp³-hybridized carbons (Fsp3) is 0.455. The number of nitrogens with zero attached hydrogens (tertiary/aromatic N) is 2. The van der Waals surface area contributed by atoms with E-state index in [0.717, 1.165) is 62.9 Å². The number of hydrogen-bond donors (Lipinski definition) is 1. The molecule has 1 aliphatic rings. The molecular formula is C22H31N3O2. The lowest BCUT2D eigenvalue weighted by Gasteiger charge is -2.32. The molecule has 0 unspecified atom stereocenters. The number of piperazine rings is 1. The number of nitrogens with one attached hydrogen (secondary N) is 1.